The molecule has 5 aromatic rings. The summed E-state index contributed by atoms with van der Waals surface area (Å²) in [4.78, 5) is 39.6. The van der Waals surface area contributed by atoms with Gasteiger partial charge in [0.1, 0.15) is 0 Å². The van der Waals surface area contributed by atoms with E-state index in [2.05, 4.69) is 50.8 Å². The van der Waals surface area contributed by atoms with Gasteiger partial charge >= 0.3 is 0 Å². The molecule has 0 saturated carbocycles. The quantitative estimate of drug-likeness (QED) is 0.345. The van der Waals surface area contributed by atoms with Gasteiger partial charge in [0, 0.05) is 60.5 Å². The van der Waals surface area contributed by atoms with E-state index in [1.807, 2.05) is 12.1 Å². The second-order valence-electron chi connectivity index (χ2n) is 9.31. The summed E-state index contributed by atoms with van der Waals surface area (Å²) in [6.45, 7) is 4.76. The van der Waals surface area contributed by atoms with E-state index >= 15 is 0 Å². The molecule has 0 radical (unpaired) electrons. The molecule has 0 atom stereocenters. The molecule has 1 saturated heterocycles. The Hall–Kier alpha value is -4.37. The minimum absolute atomic E-state index is 0.00870. The summed E-state index contributed by atoms with van der Waals surface area (Å²) < 4.78 is 1.23. The fourth-order valence-corrected chi connectivity index (χ4v) is 5.79. The number of thiophene rings is 1. The fourth-order valence-electron chi connectivity index (χ4n) is 4.87. The van der Waals surface area contributed by atoms with Crippen molar-refractivity contribution >= 4 is 55.6 Å². The van der Waals surface area contributed by atoms with Crippen LogP contribution < -0.4 is 11.1 Å². The maximum absolute atomic E-state index is 12.4. The van der Waals surface area contributed by atoms with Crippen LogP contribution in [0.2, 0.25) is 0 Å². The largest absolute Gasteiger partial charge is 0.366 e. The van der Waals surface area contributed by atoms with Gasteiger partial charge < -0.3 is 16.0 Å². The third kappa shape index (κ3) is 4.07. The minimum atomic E-state index is -0.548. The summed E-state index contributed by atoms with van der Waals surface area (Å²) in [5, 5.41) is 6.80. The maximum atomic E-state index is 12.4. The van der Waals surface area contributed by atoms with Crippen molar-refractivity contribution < 1.29 is 9.59 Å². The molecule has 37 heavy (non-hydrogen) atoms. The number of aryl methyl sites for hydroxylation is 1. The summed E-state index contributed by atoms with van der Waals surface area (Å²) >= 11 is 1.73. The van der Waals surface area contributed by atoms with E-state index in [0.29, 0.717) is 30.0 Å². The number of hydrogen-bond acceptors (Lipinski definition) is 7. The van der Waals surface area contributed by atoms with Crippen molar-refractivity contribution in [2.45, 2.75) is 19.8 Å². The first-order chi connectivity index (χ1) is 17.9. The Morgan fingerprint density at radius 1 is 1.05 bits per heavy atom. The SMILES string of the molecule is CC(=O)N1CC(c2nccc(C(N)=O)c2Nc2cc(-c3ccc4scc(C)c4c3)c3nccnc3c2)C1. The number of rotatable bonds is 5. The highest BCUT2D eigenvalue weighted by Gasteiger charge is 2.33. The van der Waals surface area contributed by atoms with Crippen molar-refractivity contribution in [2.24, 2.45) is 5.73 Å². The van der Waals surface area contributed by atoms with Crippen LogP contribution in [0, 0.1) is 6.92 Å². The molecule has 3 N–H and O–H groups in total. The standard InChI is InChI=1S/C28H24N6O2S/c1-15-14-37-24-4-3-17(9-21(15)24)22-10-19(11-23-26(22)32-8-7-30-23)33-27-20(28(29)36)5-6-31-25(27)18-12-34(13-18)16(2)35/h3-11,14,18,33H,12-13H2,1-2H3,(H2,29,36). The number of likely N-dealkylation sites (tertiary alicyclic amines) is 1. The lowest BCUT2D eigenvalue weighted by atomic mass is 9.92. The number of nitrogens with one attached hydrogen (secondary N) is 1. The zero-order valence-corrected chi connectivity index (χ0v) is 21.2. The van der Waals surface area contributed by atoms with Gasteiger partial charge in [0.05, 0.1) is 28.0 Å². The van der Waals surface area contributed by atoms with Crippen LogP contribution in [0.15, 0.2) is 60.4 Å². The fraction of sp³-hybridized carbons (Fsp3) is 0.179. The molecule has 0 aliphatic carbocycles. The number of carbonyl (C=O) groups excluding carboxylic acids is 2. The zero-order valence-electron chi connectivity index (χ0n) is 20.4. The van der Waals surface area contributed by atoms with Crippen molar-refractivity contribution in [3.05, 3.63) is 77.2 Å². The Kier molecular flexibility index (Phi) is 5.57. The van der Waals surface area contributed by atoms with Crippen LogP contribution in [-0.2, 0) is 4.79 Å². The molecule has 184 valence electrons. The van der Waals surface area contributed by atoms with Gasteiger partial charge in [-0.15, -0.1) is 11.3 Å². The second kappa shape index (κ2) is 8.94. The molecule has 1 aliphatic heterocycles. The number of aromatic nitrogens is 3. The smallest absolute Gasteiger partial charge is 0.250 e. The zero-order chi connectivity index (χ0) is 25.7. The van der Waals surface area contributed by atoms with Gasteiger partial charge in [0.25, 0.3) is 5.91 Å². The third-order valence-electron chi connectivity index (χ3n) is 6.88. The number of hydrogen-bond donors (Lipinski definition) is 2. The Labute approximate surface area is 217 Å². The van der Waals surface area contributed by atoms with Crippen LogP contribution in [0.25, 0.3) is 32.2 Å². The van der Waals surface area contributed by atoms with E-state index < -0.39 is 5.91 Å². The van der Waals surface area contributed by atoms with Crippen LogP contribution in [-0.4, -0.2) is 44.8 Å². The Balaban J connectivity index is 1.47. The number of amides is 2. The van der Waals surface area contributed by atoms with Crippen LogP contribution in [0.4, 0.5) is 11.4 Å². The molecule has 2 aromatic carbocycles. The van der Waals surface area contributed by atoms with E-state index in [9.17, 15) is 9.59 Å². The van der Waals surface area contributed by atoms with Gasteiger partial charge in [-0.25, -0.2) is 0 Å². The predicted molar refractivity (Wildman–Crippen MR) is 146 cm³/mol. The Morgan fingerprint density at radius 3 is 2.65 bits per heavy atom. The molecule has 2 amide bonds. The molecule has 9 heteroatoms. The molecule has 6 rings (SSSR count). The molecule has 0 spiro atoms. The van der Waals surface area contributed by atoms with E-state index in [4.69, 9.17) is 5.73 Å². The van der Waals surface area contributed by atoms with Crippen molar-refractivity contribution in [3.8, 4) is 11.1 Å². The Morgan fingerprint density at radius 2 is 1.86 bits per heavy atom. The highest BCUT2D eigenvalue weighted by atomic mass is 32.1. The summed E-state index contributed by atoms with van der Waals surface area (Å²) in [7, 11) is 0. The third-order valence-corrected chi connectivity index (χ3v) is 7.96. The molecule has 1 aliphatic rings. The Bertz CT molecular complexity index is 1710. The second-order valence-corrected chi connectivity index (χ2v) is 10.2. The normalized spacial score (nSPS) is 13.6. The number of pyridine rings is 1. The highest BCUT2D eigenvalue weighted by molar-refractivity contribution is 7.17. The lowest BCUT2D eigenvalue weighted by molar-refractivity contribution is -0.133. The van der Waals surface area contributed by atoms with Crippen molar-refractivity contribution in [3.63, 3.8) is 0 Å². The molecule has 4 heterocycles. The van der Waals surface area contributed by atoms with Crippen LogP contribution in [0.5, 0.6) is 0 Å². The number of benzene rings is 2. The summed E-state index contributed by atoms with van der Waals surface area (Å²) in [5.74, 6) is -0.519. The van der Waals surface area contributed by atoms with Gasteiger partial charge in [0.15, 0.2) is 0 Å². The number of carbonyl (C=O) groups is 2. The molecular weight excluding hydrogens is 484 g/mol. The summed E-state index contributed by atoms with van der Waals surface area (Å²) in [6.07, 6.45) is 4.94. The molecule has 0 bridgehead atoms. The topological polar surface area (TPSA) is 114 Å². The van der Waals surface area contributed by atoms with Gasteiger partial charge in [-0.1, -0.05) is 6.07 Å². The molecule has 1 fully saturated rings. The van der Waals surface area contributed by atoms with Crippen LogP contribution >= 0.6 is 11.3 Å². The van der Waals surface area contributed by atoms with E-state index in [0.717, 1.165) is 27.8 Å². The van der Waals surface area contributed by atoms with Gasteiger partial charge in [-0.3, -0.25) is 24.5 Å². The summed E-state index contributed by atoms with van der Waals surface area (Å²) in [5.41, 5.74) is 12.8. The van der Waals surface area contributed by atoms with Gasteiger partial charge in [-0.05, 0) is 59.1 Å². The number of fused-ring (bicyclic) bond motifs is 2. The van der Waals surface area contributed by atoms with E-state index in [1.54, 1.807) is 47.8 Å². The lowest BCUT2D eigenvalue weighted by Gasteiger charge is -2.39. The predicted octanol–water partition coefficient (Wildman–Crippen LogP) is 5.00. The average Bonchev–Trinajstić information content (AvgIpc) is 3.23. The van der Waals surface area contributed by atoms with Crippen molar-refractivity contribution in [1.29, 1.82) is 0 Å². The number of nitrogens with zero attached hydrogens (tertiary/aromatic N) is 4. The molecule has 3 aromatic heterocycles. The number of primary amides is 1. The van der Waals surface area contributed by atoms with Gasteiger partial charge in [0.2, 0.25) is 5.91 Å². The lowest BCUT2D eigenvalue weighted by Crippen LogP contribution is -2.48. The first-order valence-corrected chi connectivity index (χ1v) is 12.8. The van der Waals surface area contributed by atoms with E-state index in [1.165, 1.54) is 15.6 Å². The average molecular weight is 509 g/mol. The van der Waals surface area contributed by atoms with Crippen molar-refractivity contribution in [1.82, 2.24) is 19.9 Å². The highest BCUT2D eigenvalue weighted by Crippen LogP contribution is 2.38. The number of anilines is 2. The van der Waals surface area contributed by atoms with Crippen LogP contribution in [0.1, 0.15) is 34.5 Å². The van der Waals surface area contributed by atoms with E-state index in [-0.39, 0.29) is 11.8 Å². The van der Waals surface area contributed by atoms with Crippen LogP contribution in [0.3, 0.4) is 0 Å². The molecule has 8 nitrogen and oxygen atoms in total. The first-order valence-electron chi connectivity index (χ1n) is 11.9. The summed E-state index contributed by atoms with van der Waals surface area (Å²) in [6, 6.07) is 12.0. The number of nitrogens with two attached hydrogens (primary N) is 1. The molecular formula is C28H24N6O2S. The first kappa shape index (κ1) is 23.1. The molecule has 0 unspecified atom stereocenters. The monoisotopic (exact) mass is 508 g/mol. The maximum Gasteiger partial charge on any atom is 0.250 e. The minimum Gasteiger partial charge on any atom is -0.366 e. The van der Waals surface area contributed by atoms with Crippen molar-refractivity contribution in [2.75, 3.05) is 18.4 Å². The van der Waals surface area contributed by atoms with Gasteiger partial charge in [-0.2, -0.15) is 0 Å².